The lowest BCUT2D eigenvalue weighted by molar-refractivity contribution is -0.138. The molecule has 0 heterocycles. The van der Waals surface area contributed by atoms with Gasteiger partial charge in [-0.1, -0.05) is 31.0 Å². The second-order valence-electron chi connectivity index (χ2n) is 5.75. The Bertz CT molecular complexity index is 439. The summed E-state index contributed by atoms with van der Waals surface area (Å²) < 4.78 is 38.6. The molecule has 1 aromatic rings. The normalized spacial score (nSPS) is 16.8. The van der Waals surface area contributed by atoms with Gasteiger partial charge in [-0.3, -0.25) is 0 Å². The van der Waals surface area contributed by atoms with Crippen LogP contribution in [0.15, 0.2) is 24.3 Å². The maximum absolute atomic E-state index is 12.9. The summed E-state index contributed by atoms with van der Waals surface area (Å²) >= 11 is 0. The Morgan fingerprint density at radius 1 is 1.19 bits per heavy atom. The first-order valence-corrected chi connectivity index (χ1v) is 7.54. The molecule has 0 saturated heterocycles. The van der Waals surface area contributed by atoms with E-state index < -0.39 is 11.7 Å². The zero-order chi connectivity index (χ0) is 15.3. The highest BCUT2D eigenvalue weighted by molar-refractivity contribution is 5.29. The molecule has 2 nitrogen and oxygen atoms in total. The molecule has 1 fully saturated rings. The van der Waals surface area contributed by atoms with Gasteiger partial charge >= 0.3 is 6.18 Å². The third-order valence-electron chi connectivity index (χ3n) is 4.23. The van der Waals surface area contributed by atoms with Crippen molar-refractivity contribution < 1.29 is 13.2 Å². The molecule has 1 N–H and O–H groups in total. The third-order valence-corrected chi connectivity index (χ3v) is 4.23. The lowest BCUT2D eigenvalue weighted by Gasteiger charge is -2.24. The second-order valence-corrected chi connectivity index (χ2v) is 5.75. The fraction of sp³-hybridized carbons (Fsp3) is 0.625. The minimum absolute atomic E-state index is 0.258. The van der Waals surface area contributed by atoms with E-state index in [1.165, 1.54) is 37.8 Å². The van der Waals surface area contributed by atoms with Crippen LogP contribution in [0.5, 0.6) is 0 Å². The maximum Gasteiger partial charge on any atom is 0.416 e. The molecule has 0 aromatic heterocycles. The standard InChI is InChI=1S/C16H23F3N2/c1-21(14-7-3-4-8-14)11-10-20-12-13-6-2-5-9-15(13)16(17,18)19/h2,5-6,9,14,20H,3-4,7-8,10-12H2,1H3. The average Bonchev–Trinajstić information content (AvgIpc) is 2.97. The third kappa shape index (κ3) is 4.71. The molecule has 0 amide bonds. The van der Waals surface area contributed by atoms with Crippen molar-refractivity contribution >= 4 is 0 Å². The molecule has 0 bridgehead atoms. The van der Waals surface area contributed by atoms with E-state index in [2.05, 4.69) is 17.3 Å². The number of nitrogens with zero attached hydrogens (tertiary/aromatic N) is 1. The SMILES string of the molecule is CN(CCNCc1ccccc1C(F)(F)F)C1CCCC1. The topological polar surface area (TPSA) is 15.3 Å². The van der Waals surface area contributed by atoms with E-state index in [1.807, 2.05) is 0 Å². The van der Waals surface area contributed by atoms with Crippen LogP contribution in [0.25, 0.3) is 0 Å². The molecule has 0 atom stereocenters. The van der Waals surface area contributed by atoms with Crippen molar-refractivity contribution in [2.45, 2.75) is 44.4 Å². The number of likely N-dealkylation sites (N-methyl/N-ethyl adjacent to an activating group) is 1. The highest BCUT2D eigenvalue weighted by atomic mass is 19.4. The number of halogens is 3. The molecule has 5 heteroatoms. The molecule has 118 valence electrons. The van der Waals surface area contributed by atoms with Gasteiger partial charge in [0.1, 0.15) is 0 Å². The van der Waals surface area contributed by atoms with Crippen molar-refractivity contribution in [1.82, 2.24) is 10.2 Å². The first-order valence-electron chi connectivity index (χ1n) is 7.54. The van der Waals surface area contributed by atoms with E-state index in [-0.39, 0.29) is 6.54 Å². The number of rotatable bonds is 6. The molecule has 0 aliphatic heterocycles. The van der Waals surface area contributed by atoms with Crippen molar-refractivity contribution in [1.29, 1.82) is 0 Å². The molecule has 0 unspecified atom stereocenters. The van der Waals surface area contributed by atoms with Gasteiger partial charge in [-0.15, -0.1) is 0 Å². The van der Waals surface area contributed by atoms with Crippen LogP contribution in [0, 0.1) is 0 Å². The van der Waals surface area contributed by atoms with Crippen molar-refractivity contribution in [3.05, 3.63) is 35.4 Å². The Morgan fingerprint density at radius 3 is 2.52 bits per heavy atom. The van der Waals surface area contributed by atoms with Crippen LogP contribution in [0.1, 0.15) is 36.8 Å². The molecule has 1 aromatic carbocycles. The van der Waals surface area contributed by atoms with Gasteiger partial charge in [-0.25, -0.2) is 0 Å². The van der Waals surface area contributed by atoms with Gasteiger partial charge in [0, 0.05) is 25.7 Å². The molecule has 0 spiro atoms. The van der Waals surface area contributed by atoms with Gasteiger partial charge in [0.05, 0.1) is 5.56 Å². The van der Waals surface area contributed by atoms with Crippen molar-refractivity contribution in [2.75, 3.05) is 20.1 Å². The number of benzene rings is 1. The molecule has 21 heavy (non-hydrogen) atoms. The summed E-state index contributed by atoms with van der Waals surface area (Å²) in [5, 5.41) is 3.13. The summed E-state index contributed by atoms with van der Waals surface area (Å²) in [7, 11) is 2.10. The monoisotopic (exact) mass is 300 g/mol. The Labute approximate surface area is 124 Å². The molecular formula is C16H23F3N2. The second kappa shape index (κ2) is 7.27. The smallest absolute Gasteiger partial charge is 0.311 e. The summed E-state index contributed by atoms with van der Waals surface area (Å²) in [5.74, 6) is 0. The molecule has 1 aliphatic rings. The van der Waals surface area contributed by atoms with Crippen LogP contribution in [0.3, 0.4) is 0 Å². The first kappa shape index (κ1) is 16.3. The largest absolute Gasteiger partial charge is 0.416 e. The molecule has 1 aliphatic carbocycles. The summed E-state index contributed by atoms with van der Waals surface area (Å²) in [6, 6.07) is 6.41. The fourth-order valence-electron chi connectivity index (χ4n) is 2.96. The number of nitrogens with one attached hydrogen (secondary N) is 1. The molecule has 2 rings (SSSR count). The van der Waals surface area contributed by atoms with Gasteiger partial charge < -0.3 is 10.2 Å². The highest BCUT2D eigenvalue weighted by Gasteiger charge is 2.32. The molecule has 1 saturated carbocycles. The Morgan fingerprint density at radius 2 is 1.86 bits per heavy atom. The van der Waals surface area contributed by atoms with Crippen LogP contribution < -0.4 is 5.32 Å². The average molecular weight is 300 g/mol. The summed E-state index contributed by atoms with van der Waals surface area (Å²) in [6.45, 7) is 1.84. The maximum atomic E-state index is 12.9. The van der Waals surface area contributed by atoms with E-state index in [4.69, 9.17) is 0 Å². The minimum Gasteiger partial charge on any atom is -0.311 e. The Kier molecular flexibility index (Phi) is 5.65. The predicted octanol–water partition coefficient (Wildman–Crippen LogP) is 3.67. The predicted molar refractivity (Wildman–Crippen MR) is 78.0 cm³/mol. The van der Waals surface area contributed by atoms with Gasteiger partial charge in [-0.05, 0) is 31.5 Å². The first-order chi connectivity index (χ1) is 9.98. The summed E-state index contributed by atoms with van der Waals surface area (Å²) in [4.78, 5) is 2.32. The summed E-state index contributed by atoms with van der Waals surface area (Å²) in [5.41, 5.74) is -0.227. The quantitative estimate of drug-likeness (QED) is 0.806. The van der Waals surface area contributed by atoms with Crippen LogP contribution >= 0.6 is 0 Å². The lowest BCUT2D eigenvalue weighted by Crippen LogP contribution is -2.35. The van der Waals surface area contributed by atoms with Crippen molar-refractivity contribution in [3.8, 4) is 0 Å². The van der Waals surface area contributed by atoms with Crippen LogP contribution in [-0.2, 0) is 12.7 Å². The van der Waals surface area contributed by atoms with E-state index in [0.29, 0.717) is 18.2 Å². The fourth-order valence-corrected chi connectivity index (χ4v) is 2.96. The van der Waals surface area contributed by atoms with E-state index >= 15 is 0 Å². The van der Waals surface area contributed by atoms with E-state index in [9.17, 15) is 13.2 Å². The van der Waals surface area contributed by atoms with Crippen LogP contribution in [-0.4, -0.2) is 31.1 Å². The minimum atomic E-state index is -4.28. The van der Waals surface area contributed by atoms with Gasteiger partial charge in [0.2, 0.25) is 0 Å². The van der Waals surface area contributed by atoms with Crippen LogP contribution in [0.2, 0.25) is 0 Å². The van der Waals surface area contributed by atoms with Gasteiger partial charge in [0.25, 0.3) is 0 Å². The van der Waals surface area contributed by atoms with Gasteiger partial charge in [0.15, 0.2) is 0 Å². The van der Waals surface area contributed by atoms with Crippen LogP contribution in [0.4, 0.5) is 13.2 Å². The zero-order valence-corrected chi connectivity index (χ0v) is 12.4. The Balaban J connectivity index is 1.78. The number of hydrogen-bond donors (Lipinski definition) is 1. The van der Waals surface area contributed by atoms with Crippen molar-refractivity contribution in [2.24, 2.45) is 0 Å². The van der Waals surface area contributed by atoms with E-state index in [1.54, 1.807) is 6.07 Å². The number of alkyl halides is 3. The van der Waals surface area contributed by atoms with Gasteiger partial charge in [-0.2, -0.15) is 13.2 Å². The number of hydrogen-bond acceptors (Lipinski definition) is 2. The zero-order valence-electron chi connectivity index (χ0n) is 12.4. The Hall–Kier alpha value is -1.07. The highest BCUT2D eigenvalue weighted by Crippen LogP contribution is 2.31. The molecule has 0 radical (unpaired) electrons. The summed E-state index contributed by atoms with van der Waals surface area (Å²) in [6.07, 6.45) is 0.794. The van der Waals surface area contributed by atoms with E-state index in [0.717, 1.165) is 12.6 Å². The van der Waals surface area contributed by atoms with Crippen molar-refractivity contribution in [3.63, 3.8) is 0 Å². The lowest BCUT2D eigenvalue weighted by atomic mass is 10.1. The molecular weight excluding hydrogens is 277 g/mol.